The van der Waals surface area contributed by atoms with Crippen LogP contribution in [0.1, 0.15) is 0 Å². The van der Waals surface area contributed by atoms with Gasteiger partial charge in [0.15, 0.2) is 0 Å². The van der Waals surface area contributed by atoms with Crippen LogP contribution >= 0.6 is 0 Å². The zero-order valence-electron chi connectivity index (χ0n) is 13.9. The van der Waals surface area contributed by atoms with E-state index in [1.54, 1.807) is 11.7 Å². The summed E-state index contributed by atoms with van der Waals surface area (Å²) in [6.07, 6.45) is 0. The van der Waals surface area contributed by atoms with Crippen LogP contribution in [-0.4, -0.2) is 28.8 Å². The fraction of sp³-hybridized carbons (Fsp3) is 0.222. The number of fused-ring (bicyclic) bond motifs is 1. The lowest BCUT2D eigenvalue weighted by Gasteiger charge is -2.08. The number of imidazole rings is 1. The van der Waals surface area contributed by atoms with Crippen LogP contribution in [0.25, 0.3) is 11.0 Å². The van der Waals surface area contributed by atoms with Gasteiger partial charge in [-0.3, -0.25) is 10.2 Å². The molecule has 0 radical (unpaired) electrons. The normalized spacial score (nSPS) is 10.8. The highest BCUT2D eigenvalue weighted by molar-refractivity contribution is 5.79. The van der Waals surface area contributed by atoms with Gasteiger partial charge >= 0.3 is 0 Å². The molecule has 7 heteroatoms. The molecule has 0 aliphatic carbocycles. The zero-order valence-corrected chi connectivity index (χ0v) is 13.9. The maximum absolute atomic E-state index is 11.3. The smallest absolute Gasteiger partial charge is 0.237 e. The van der Waals surface area contributed by atoms with E-state index in [1.165, 1.54) is 0 Å². The fourth-order valence-corrected chi connectivity index (χ4v) is 2.76. The van der Waals surface area contributed by atoms with Crippen molar-refractivity contribution in [3.63, 3.8) is 0 Å². The predicted octanol–water partition coefficient (Wildman–Crippen LogP) is 1.50. The Morgan fingerprint density at radius 2 is 1.64 bits per heavy atom. The van der Waals surface area contributed by atoms with Gasteiger partial charge in [-0.25, -0.2) is 0 Å². The minimum absolute atomic E-state index is 0.0221. The molecule has 0 saturated heterocycles. The van der Waals surface area contributed by atoms with Crippen LogP contribution in [0, 0.1) is 5.41 Å². The van der Waals surface area contributed by atoms with Crippen LogP contribution in [-0.2, 0) is 17.9 Å². The van der Waals surface area contributed by atoms with Gasteiger partial charge in [0.25, 0.3) is 0 Å². The molecule has 0 aliphatic rings. The van der Waals surface area contributed by atoms with Gasteiger partial charge in [0, 0.05) is 0 Å². The Bertz CT molecular complexity index is 941. The number of aromatic nitrogens is 2. The molecule has 7 nitrogen and oxygen atoms in total. The summed E-state index contributed by atoms with van der Waals surface area (Å²) in [6.45, 7) is 0.857. The van der Waals surface area contributed by atoms with Gasteiger partial charge in [-0.1, -0.05) is 12.1 Å². The molecule has 0 bridgehead atoms. The van der Waals surface area contributed by atoms with Crippen LogP contribution < -0.4 is 20.8 Å². The van der Waals surface area contributed by atoms with Gasteiger partial charge < -0.3 is 24.3 Å². The van der Waals surface area contributed by atoms with E-state index in [0.717, 1.165) is 22.5 Å². The maximum atomic E-state index is 11.3. The summed E-state index contributed by atoms with van der Waals surface area (Å²) in [4.78, 5) is 11.3. The monoisotopic (exact) mass is 340 g/mol. The first-order chi connectivity index (χ1) is 12.1. The number of ether oxygens (including phenoxy) is 2. The Labute approximate surface area is 144 Å². The van der Waals surface area contributed by atoms with Crippen molar-refractivity contribution in [3.8, 4) is 11.5 Å². The number of benzene rings is 2. The lowest BCUT2D eigenvalue weighted by atomic mass is 10.3. The second-order valence-electron chi connectivity index (χ2n) is 5.54. The van der Waals surface area contributed by atoms with E-state index in [4.69, 9.17) is 20.6 Å². The van der Waals surface area contributed by atoms with Crippen molar-refractivity contribution in [1.29, 1.82) is 5.41 Å². The third-order valence-corrected chi connectivity index (χ3v) is 3.93. The second kappa shape index (κ2) is 7.12. The summed E-state index contributed by atoms with van der Waals surface area (Å²) in [6, 6.07) is 14.9. The van der Waals surface area contributed by atoms with Crippen LogP contribution in [0.3, 0.4) is 0 Å². The van der Waals surface area contributed by atoms with Crippen LogP contribution in [0.5, 0.6) is 11.5 Å². The maximum Gasteiger partial charge on any atom is 0.237 e. The Morgan fingerprint density at radius 3 is 2.24 bits per heavy atom. The van der Waals surface area contributed by atoms with E-state index in [-0.39, 0.29) is 12.2 Å². The quantitative estimate of drug-likeness (QED) is 0.682. The molecule has 0 unspecified atom stereocenters. The van der Waals surface area contributed by atoms with Crippen molar-refractivity contribution >= 4 is 16.9 Å². The SMILES string of the molecule is COc1ccc(OCCn2c(=N)n(CC(N)=O)c3ccccc32)cc1. The van der Waals surface area contributed by atoms with Gasteiger partial charge in [0.2, 0.25) is 11.5 Å². The summed E-state index contributed by atoms with van der Waals surface area (Å²) in [5, 5.41) is 8.35. The first-order valence-corrected chi connectivity index (χ1v) is 7.88. The minimum Gasteiger partial charge on any atom is -0.497 e. The number of methoxy groups -OCH3 is 1. The van der Waals surface area contributed by atoms with Crippen molar-refractivity contribution < 1.29 is 14.3 Å². The van der Waals surface area contributed by atoms with E-state index >= 15 is 0 Å². The van der Waals surface area contributed by atoms with E-state index in [2.05, 4.69) is 0 Å². The van der Waals surface area contributed by atoms with Gasteiger partial charge in [-0.15, -0.1) is 0 Å². The molecule has 1 heterocycles. The van der Waals surface area contributed by atoms with Gasteiger partial charge in [0.05, 0.1) is 24.7 Å². The third kappa shape index (κ3) is 3.50. The molecule has 130 valence electrons. The van der Waals surface area contributed by atoms with Crippen LogP contribution in [0.2, 0.25) is 0 Å². The lowest BCUT2D eigenvalue weighted by Crippen LogP contribution is -2.30. The van der Waals surface area contributed by atoms with Crippen molar-refractivity contribution in [1.82, 2.24) is 9.13 Å². The summed E-state index contributed by atoms with van der Waals surface area (Å²) in [5.74, 6) is 1.02. The number of rotatable bonds is 7. The lowest BCUT2D eigenvalue weighted by molar-refractivity contribution is -0.118. The molecule has 0 saturated carbocycles. The Morgan fingerprint density at radius 1 is 1.04 bits per heavy atom. The minimum atomic E-state index is -0.476. The summed E-state index contributed by atoms with van der Waals surface area (Å²) in [5.41, 5.74) is 7.20. The number of para-hydroxylation sites is 2. The molecule has 1 aromatic heterocycles. The average Bonchev–Trinajstić information content (AvgIpc) is 2.88. The highest BCUT2D eigenvalue weighted by atomic mass is 16.5. The summed E-state index contributed by atoms with van der Waals surface area (Å²) in [7, 11) is 1.62. The topological polar surface area (TPSA) is 95.3 Å². The number of hydrogen-bond donors (Lipinski definition) is 2. The molecule has 3 aromatic rings. The number of nitrogens with two attached hydrogens (primary N) is 1. The molecule has 0 fully saturated rings. The van der Waals surface area contributed by atoms with Crippen molar-refractivity contribution in [2.24, 2.45) is 5.73 Å². The molecule has 3 N–H and O–H groups in total. The van der Waals surface area contributed by atoms with Crippen LogP contribution in [0.15, 0.2) is 48.5 Å². The fourth-order valence-electron chi connectivity index (χ4n) is 2.76. The van der Waals surface area contributed by atoms with E-state index in [9.17, 15) is 4.79 Å². The van der Waals surface area contributed by atoms with E-state index < -0.39 is 5.91 Å². The largest absolute Gasteiger partial charge is 0.497 e. The first kappa shape index (κ1) is 16.6. The average molecular weight is 340 g/mol. The molecule has 25 heavy (non-hydrogen) atoms. The van der Waals surface area contributed by atoms with E-state index in [1.807, 2.05) is 53.1 Å². The molecule has 3 rings (SSSR count). The standard InChI is InChI=1S/C18H20N4O3/c1-24-13-6-8-14(9-7-13)25-11-10-21-15-4-2-3-5-16(15)22(18(21)20)12-17(19)23/h2-9,20H,10-12H2,1H3,(H2,19,23). The Hall–Kier alpha value is -3.22. The van der Waals surface area contributed by atoms with Gasteiger partial charge in [-0.2, -0.15) is 0 Å². The third-order valence-electron chi connectivity index (χ3n) is 3.93. The summed E-state index contributed by atoms with van der Waals surface area (Å²) >= 11 is 0. The van der Waals surface area contributed by atoms with Gasteiger partial charge in [-0.05, 0) is 36.4 Å². The number of amides is 1. The molecule has 2 aromatic carbocycles. The molecular weight excluding hydrogens is 320 g/mol. The Balaban J connectivity index is 1.80. The van der Waals surface area contributed by atoms with Gasteiger partial charge in [0.1, 0.15) is 24.7 Å². The second-order valence-corrected chi connectivity index (χ2v) is 5.54. The number of hydrogen-bond acceptors (Lipinski definition) is 4. The number of carbonyl (C=O) groups excluding carboxylic acids is 1. The van der Waals surface area contributed by atoms with Crippen molar-refractivity contribution in [2.45, 2.75) is 13.1 Å². The number of primary amides is 1. The Kier molecular flexibility index (Phi) is 4.74. The zero-order chi connectivity index (χ0) is 17.8. The number of carbonyl (C=O) groups is 1. The number of nitrogens with one attached hydrogen (secondary N) is 1. The van der Waals surface area contributed by atoms with Crippen molar-refractivity contribution in [2.75, 3.05) is 13.7 Å². The highest BCUT2D eigenvalue weighted by Crippen LogP contribution is 2.17. The molecule has 0 aliphatic heterocycles. The molecule has 0 atom stereocenters. The summed E-state index contributed by atoms with van der Waals surface area (Å²) < 4.78 is 14.3. The molecule has 0 spiro atoms. The number of nitrogens with zero attached hydrogens (tertiary/aromatic N) is 2. The first-order valence-electron chi connectivity index (χ1n) is 7.88. The van der Waals surface area contributed by atoms with E-state index in [0.29, 0.717) is 13.2 Å². The molecular formula is C18H20N4O3. The van der Waals surface area contributed by atoms with Crippen LogP contribution in [0.4, 0.5) is 0 Å². The van der Waals surface area contributed by atoms with Crippen molar-refractivity contribution in [3.05, 3.63) is 54.1 Å². The molecule has 1 amide bonds. The highest BCUT2D eigenvalue weighted by Gasteiger charge is 2.11. The predicted molar refractivity (Wildman–Crippen MR) is 93.5 cm³/mol.